The quantitative estimate of drug-likeness (QED) is 0.655. The lowest BCUT2D eigenvalue weighted by Gasteiger charge is -2.01. The Labute approximate surface area is 97.6 Å². The van der Waals surface area contributed by atoms with Crippen LogP contribution in [0.3, 0.4) is 0 Å². The van der Waals surface area contributed by atoms with Gasteiger partial charge in [-0.15, -0.1) is 0 Å². The number of hydrogen-bond donors (Lipinski definition) is 0. The zero-order chi connectivity index (χ0) is 11.7. The first-order valence-electron chi connectivity index (χ1n) is 5.14. The molecule has 3 aromatic heterocycles. The van der Waals surface area contributed by atoms with Crippen molar-refractivity contribution in [3.05, 3.63) is 43.2 Å². The van der Waals surface area contributed by atoms with Crippen LogP contribution in [0.5, 0.6) is 0 Å². The van der Waals surface area contributed by atoms with E-state index in [2.05, 4.69) is 20.2 Å². The van der Waals surface area contributed by atoms with Crippen molar-refractivity contribution >= 4 is 0 Å². The van der Waals surface area contributed by atoms with E-state index in [1.165, 1.54) is 6.33 Å². The highest BCUT2D eigenvalue weighted by molar-refractivity contribution is 5.58. The topological polar surface area (TPSA) is 61.4 Å². The van der Waals surface area contributed by atoms with Gasteiger partial charge in [0.05, 0.1) is 11.9 Å². The van der Waals surface area contributed by atoms with Crippen molar-refractivity contribution in [2.75, 3.05) is 0 Å². The van der Waals surface area contributed by atoms with E-state index < -0.39 is 0 Å². The first-order valence-corrected chi connectivity index (χ1v) is 5.14. The third-order valence-electron chi connectivity index (χ3n) is 2.39. The van der Waals surface area contributed by atoms with E-state index in [0.29, 0.717) is 0 Å². The number of nitrogens with zero attached hydrogens (tertiary/aromatic N) is 6. The van der Waals surface area contributed by atoms with Crippen LogP contribution >= 0.6 is 0 Å². The van der Waals surface area contributed by atoms with Gasteiger partial charge in [-0.1, -0.05) is 0 Å². The summed E-state index contributed by atoms with van der Waals surface area (Å²) >= 11 is 0. The SMILES string of the molecule is Cn1cc(-c2cc(-n3cccn3)ncn2)cn1. The van der Waals surface area contributed by atoms with Crippen LogP contribution in [-0.4, -0.2) is 29.5 Å². The average molecular weight is 226 g/mol. The van der Waals surface area contributed by atoms with Crippen molar-refractivity contribution in [1.29, 1.82) is 0 Å². The fourth-order valence-corrected chi connectivity index (χ4v) is 1.59. The minimum atomic E-state index is 0.740. The smallest absolute Gasteiger partial charge is 0.157 e. The molecule has 0 bridgehead atoms. The van der Waals surface area contributed by atoms with Crippen LogP contribution < -0.4 is 0 Å². The second-order valence-electron chi connectivity index (χ2n) is 3.61. The fourth-order valence-electron chi connectivity index (χ4n) is 1.59. The Morgan fingerprint density at radius 1 is 1.18 bits per heavy atom. The van der Waals surface area contributed by atoms with Gasteiger partial charge in [0.15, 0.2) is 5.82 Å². The molecule has 0 N–H and O–H groups in total. The van der Waals surface area contributed by atoms with Crippen molar-refractivity contribution in [2.45, 2.75) is 0 Å². The highest BCUT2D eigenvalue weighted by Crippen LogP contribution is 2.16. The maximum atomic E-state index is 4.23. The first-order chi connectivity index (χ1) is 8.33. The molecule has 0 spiro atoms. The molecule has 3 aromatic rings. The number of hydrogen-bond acceptors (Lipinski definition) is 4. The molecular formula is C11H10N6. The minimum absolute atomic E-state index is 0.740. The maximum absolute atomic E-state index is 4.23. The standard InChI is InChI=1S/C11H10N6/c1-16-7-9(6-15-16)10-5-11(13-8-12-10)17-4-2-3-14-17/h2-8H,1H3. The first kappa shape index (κ1) is 9.71. The lowest BCUT2D eigenvalue weighted by molar-refractivity contribution is 0.768. The van der Waals surface area contributed by atoms with Crippen molar-refractivity contribution in [1.82, 2.24) is 29.5 Å². The third kappa shape index (κ3) is 1.80. The second-order valence-corrected chi connectivity index (χ2v) is 3.61. The Morgan fingerprint density at radius 3 is 2.82 bits per heavy atom. The predicted molar refractivity (Wildman–Crippen MR) is 61.4 cm³/mol. The molecule has 3 heterocycles. The minimum Gasteiger partial charge on any atom is -0.275 e. The lowest BCUT2D eigenvalue weighted by atomic mass is 10.2. The van der Waals surface area contributed by atoms with E-state index >= 15 is 0 Å². The van der Waals surface area contributed by atoms with Gasteiger partial charge in [-0.05, 0) is 6.07 Å². The van der Waals surface area contributed by atoms with E-state index in [-0.39, 0.29) is 0 Å². The van der Waals surface area contributed by atoms with Gasteiger partial charge in [-0.25, -0.2) is 14.6 Å². The van der Waals surface area contributed by atoms with Crippen LogP contribution in [0, 0.1) is 0 Å². The Morgan fingerprint density at radius 2 is 2.12 bits per heavy atom. The molecule has 0 radical (unpaired) electrons. The van der Waals surface area contributed by atoms with Crippen LogP contribution in [-0.2, 0) is 7.05 Å². The Kier molecular flexibility index (Phi) is 2.18. The third-order valence-corrected chi connectivity index (χ3v) is 2.39. The van der Waals surface area contributed by atoms with E-state index in [0.717, 1.165) is 17.1 Å². The summed E-state index contributed by atoms with van der Waals surface area (Å²) in [4.78, 5) is 8.40. The van der Waals surface area contributed by atoms with E-state index in [4.69, 9.17) is 0 Å². The van der Waals surface area contributed by atoms with Gasteiger partial charge in [0.1, 0.15) is 6.33 Å². The summed E-state index contributed by atoms with van der Waals surface area (Å²) in [6.07, 6.45) is 8.77. The van der Waals surface area contributed by atoms with E-state index in [1.54, 1.807) is 21.8 Å². The highest BCUT2D eigenvalue weighted by Gasteiger charge is 2.05. The summed E-state index contributed by atoms with van der Waals surface area (Å²) in [5.41, 5.74) is 1.79. The van der Waals surface area contributed by atoms with Crippen LogP contribution in [0.2, 0.25) is 0 Å². The average Bonchev–Trinajstić information content (AvgIpc) is 3.00. The molecular weight excluding hydrogens is 216 g/mol. The summed E-state index contributed by atoms with van der Waals surface area (Å²) in [5, 5.41) is 8.25. The van der Waals surface area contributed by atoms with Crippen LogP contribution in [0.15, 0.2) is 43.2 Å². The summed E-state index contributed by atoms with van der Waals surface area (Å²) in [6.45, 7) is 0. The molecule has 84 valence electrons. The largest absolute Gasteiger partial charge is 0.275 e. The van der Waals surface area contributed by atoms with Crippen molar-refractivity contribution < 1.29 is 0 Å². The van der Waals surface area contributed by atoms with Gasteiger partial charge in [0.25, 0.3) is 0 Å². The molecule has 6 heteroatoms. The van der Waals surface area contributed by atoms with Crippen LogP contribution in [0.25, 0.3) is 17.1 Å². The molecule has 3 rings (SSSR count). The summed E-state index contributed by atoms with van der Waals surface area (Å²) in [5.74, 6) is 0.740. The zero-order valence-electron chi connectivity index (χ0n) is 9.22. The molecule has 0 unspecified atom stereocenters. The summed E-state index contributed by atoms with van der Waals surface area (Å²) in [6, 6.07) is 3.73. The van der Waals surface area contributed by atoms with Gasteiger partial charge >= 0.3 is 0 Å². The van der Waals surface area contributed by atoms with Crippen molar-refractivity contribution in [3.8, 4) is 17.1 Å². The van der Waals surface area contributed by atoms with Crippen molar-refractivity contribution in [2.24, 2.45) is 7.05 Å². The molecule has 0 amide bonds. The van der Waals surface area contributed by atoms with E-state index in [9.17, 15) is 0 Å². The number of aromatic nitrogens is 6. The molecule has 17 heavy (non-hydrogen) atoms. The fraction of sp³-hybridized carbons (Fsp3) is 0.0909. The van der Waals surface area contributed by atoms with Gasteiger partial charge in [-0.3, -0.25) is 4.68 Å². The molecule has 0 saturated heterocycles. The molecule has 6 nitrogen and oxygen atoms in total. The molecule has 0 aliphatic carbocycles. The van der Waals surface area contributed by atoms with Crippen molar-refractivity contribution in [3.63, 3.8) is 0 Å². The molecule has 0 aliphatic heterocycles. The van der Waals surface area contributed by atoms with Gasteiger partial charge in [0, 0.05) is 37.3 Å². The summed E-state index contributed by atoms with van der Waals surface area (Å²) in [7, 11) is 1.87. The van der Waals surface area contributed by atoms with Gasteiger partial charge < -0.3 is 0 Å². The second kappa shape index (κ2) is 3.82. The number of rotatable bonds is 2. The van der Waals surface area contributed by atoms with Crippen LogP contribution in [0.1, 0.15) is 0 Å². The molecule has 0 aromatic carbocycles. The molecule has 0 aliphatic rings. The lowest BCUT2D eigenvalue weighted by Crippen LogP contribution is -1.98. The normalized spacial score (nSPS) is 10.6. The predicted octanol–water partition coefficient (Wildman–Crippen LogP) is 1.06. The Bertz CT molecular complexity index is 625. The zero-order valence-corrected chi connectivity index (χ0v) is 9.22. The number of aryl methyl sites for hydroxylation is 1. The van der Waals surface area contributed by atoms with Crippen LogP contribution in [0.4, 0.5) is 0 Å². The van der Waals surface area contributed by atoms with Gasteiger partial charge in [0.2, 0.25) is 0 Å². The monoisotopic (exact) mass is 226 g/mol. The Balaban J connectivity index is 2.05. The highest BCUT2D eigenvalue weighted by atomic mass is 15.3. The molecule has 0 fully saturated rings. The summed E-state index contributed by atoms with van der Waals surface area (Å²) < 4.78 is 3.44. The van der Waals surface area contributed by atoms with Gasteiger partial charge in [-0.2, -0.15) is 10.2 Å². The maximum Gasteiger partial charge on any atom is 0.157 e. The Hall–Kier alpha value is -2.50. The molecule has 0 atom stereocenters. The molecule has 0 saturated carbocycles. The van der Waals surface area contributed by atoms with E-state index in [1.807, 2.05) is 31.6 Å².